The maximum atomic E-state index is 11.7. The fraction of sp³-hybridized carbons (Fsp3) is 0.182. The van der Waals surface area contributed by atoms with Gasteiger partial charge in [-0.25, -0.2) is 4.98 Å². The minimum atomic E-state index is -0.104. The van der Waals surface area contributed by atoms with E-state index in [0.29, 0.717) is 15.1 Å². The van der Waals surface area contributed by atoms with Crippen LogP contribution in [-0.2, 0) is 6.42 Å². The van der Waals surface area contributed by atoms with Gasteiger partial charge in [0, 0.05) is 6.20 Å². The molecule has 2 aromatic heterocycles. The van der Waals surface area contributed by atoms with Crippen molar-refractivity contribution < 1.29 is 0 Å². The summed E-state index contributed by atoms with van der Waals surface area (Å²) in [6, 6.07) is 5.52. The Morgan fingerprint density at radius 2 is 2.25 bits per heavy atom. The number of pyridine rings is 1. The highest BCUT2D eigenvalue weighted by Crippen LogP contribution is 2.12. The standard InChI is InChI=1S/C11H10IN3O/c1-2-7-9(12)11(16)15-10(14-7)8-5-3-4-6-13-8/h3-6H,2H2,1H3,(H,14,15,16). The number of hydrogen-bond donors (Lipinski definition) is 1. The molecule has 0 aromatic carbocycles. The summed E-state index contributed by atoms with van der Waals surface area (Å²) >= 11 is 2.01. The highest BCUT2D eigenvalue weighted by atomic mass is 127. The zero-order valence-corrected chi connectivity index (χ0v) is 10.9. The summed E-state index contributed by atoms with van der Waals surface area (Å²) in [5, 5.41) is 0. The van der Waals surface area contributed by atoms with Gasteiger partial charge in [-0.3, -0.25) is 9.78 Å². The van der Waals surface area contributed by atoms with Gasteiger partial charge >= 0.3 is 0 Å². The molecule has 0 aliphatic carbocycles. The van der Waals surface area contributed by atoms with Gasteiger partial charge in [0.25, 0.3) is 5.56 Å². The lowest BCUT2D eigenvalue weighted by molar-refractivity contribution is 0.962. The average Bonchev–Trinajstić information content (AvgIpc) is 2.33. The lowest BCUT2D eigenvalue weighted by atomic mass is 10.3. The van der Waals surface area contributed by atoms with E-state index in [9.17, 15) is 4.79 Å². The van der Waals surface area contributed by atoms with Crippen molar-refractivity contribution in [2.45, 2.75) is 13.3 Å². The van der Waals surface area contributed by atoms with Gasteiger partial charge in [0.05, 0.1) is 9.26 Å². The Morgan fingerprint density at radius 3 is 2.88 bits per heavy atom. The van der Waals surface area contributed by atoms with Crippen LogP contribution >= 0.6 is 22.6 Å². The smallest absolute Gasteiger partial charge is 0.264 e. The maximum absolute atomic E-state index is 11.7. The summed E-state index contributed by atoms with van der Waals surface area (Å²) in [5.41, 5.74) is 1.39. The van der Waals surface area contributed by atoms with E-state index in [1.807, 2.05) is 47.7 Å². The third-order valence-corrected chi connectivity index (χ3v) is 3.29. The second kappa shape index (κ2) is 4.73. The molecule has 0 saturated heterocycles. The Bertz CT molecular complexity index is 551. The largest absolute Gasteiger partial charge is 0.304 e. The lowest BCUT2D eigenvalue weighted by Crippen LogP contribution is -2.16. The predicted octanol–water partition coefficient (Wildman–Crippen LogP) is 2.00. The number of rotatable bonds is 2. The van der Waals surface area contributed by atoms with E-state index < -0.39 is 0 Å². The molecular formula is C11H10IN3O. The molecule has 0 fully saturated rings. The zero-order chi connectivity index (χ0) is 11.5. The van der Waals surface area contributed by atoms with Crippen LogP contribution in [0.5, 0.6) is 0 Å². The Balaban J connectivity index is 2.60. The lowest BCUT2D eigenvalue weighted by Gasteiger charge is -2.03. The molecule has 0 saturated carbocycles. The molecular weight excluding hydrogens is 317 g/mol. The molecule has 82 valence electrons. The molecule has 0 atom stereocenters. The van der Waals surface area contributed by atoms with Gasteiger partial charge in [-0.2, -0.15) is 0 Å². The summed E-state index contributed by atoms with van der Waals surface area (Å²) in [7, 11) is 0. The summed E-state index contributed by atoms with van der Waals surface area (Å²) < 4.78 is 0.653. The van der Waals surface area contributed by atoms with Gasteiger partial charge in [0.2, 0.25) is 0 Å². The van der Waals surface area contributed by atoms with Gasteiger partial charge in [-0.1, -0.05) is 13.0 Å². The van der Waals surface area contributed by atoms with E-state index in [4.69, 9.17) is 0 Å². The second-order valence-corrected chi connectivity index (χ2v) is 4.32. The van der Waals surface area contributed by atoms with Crippen molar-refractivity contribution in [3.63, 3.8) is 0 Å². The van der Waals surface area contributed by atoms with Gasteiger partial charge in [-0.05, 0) is 41.1 Å². The fourth-order valence-corrected chi connectivity index (χ4v) is 2.00. The van der Waals surface area contributed by atoms with Crippen LogP contribution in [0.4, 0.5) is 0 Å². The first-order valence-electron chi connectivity index (χ1n) is 4.92. The molecule has 0 bridgehead atoms. The van der Waals surface area contributed by atoms with E-state index in [0.717, 1.165) is 12.1 Å². The molecule has 0 unspecified atom stereocenters. The van der Waals surface area contributed by atoms with E-state index in [2.05, 4.69) is 15.0 Å². The molecule has 0 aliphatic heterocycles. The van der Waals surface area contributed by atoms with E-state index >= 15 is 0 Å². The van der Waals surface area contributed by atoms with Crippen LogP contribution in [0.1, 0.15) is 12.6 Å². The Labute approximate surface area is 106 Å². The molecule has 2 heterocycles. The van der Waals surface area contributed by atoms with Gasteiger partial charge in [0.1, 0.15) is 5.69 Å². The molecule has 0 aliphatic rings. The van der Waals surface area contributed by atoms with Crippen molar-refractivity contribution in [1.82, 2.24) is 15.0 Å². The van der Waals surface area contributed by atoms with Crippen LogP contribution in [0.3, 0.4) is 0 Å². The van der Waals surface area contributed by atoms with Crippen LogP contribution in [0.2, 0.25) is 0 Å². The number of nitrogens with zero attached hydrogens (tertiary/aromatic N) is 2. The quantitative estimate of drug-likeness (QED) is 0.859. The Morgan fingerprint density at radius 1 is 1.44 bits per heavy atom. The van der Waals surface area contributed by atoms with Crippen LogP contribution in [0, 0.1) is 3.57 Å². The molecule has 2 aromatic rings. The number of aryl methyl sites for hydroxylation is 1. The van der Waals surface area contributed by atoms with E-state index in [-0.39, 0.29) is 5.56 Å². The maximum Gasteiger partial charge on any atom is 0.264 e. The third kappa shape index (κ3) is 2.13. The van der Waals surface area contributed by atoms with Gasteiger partial charge in [-0.15, -0.1) is 0 Å². The van der Waals surface area contributed by atoms with Crippen molar-refractivity contribution in [2.24, 2.45) is 0 Å². The normalized spacial score (nSPS) is 10.4. The van der Waals surface area contributed by atoms with Crippen LogP contribution < -0.4 is 5.56 Å². The highest BCUT2D eigenvalue weighted by molar-refractivity contribution is 14.1. The van der Waals surface area contributed by atoms with Crippen molar-refractivity contribution in [1.29, 1.82) is 0 Å². The molecule has 0 spiro atoms. The average molecular weight is 327 g/mol. The summed E-state index contributed by atoms with van der Waals surface area (Å²) in [4.78, 5) is 22.9. The van der Waals surface area contributed by atoms with Gasteiger partial charge < -0.3 is 4.98 Å². The molecule has 1 N–H and O–H groups in total. The van der Waals surface area contributed by atoms with Crippen molar-refractivity contribution in [3.05, 3.63) is 44.0 Å². The first kappa shape index (κ1) is 11.3. The first-order valence-corrected chi connectivity index (χ1v) is 6.00. The Hall–Kier alpha value is -1.24. The molecule has 16 heavy (non-hydrogen) atoms. The third-order valence-electron chi connectivity index (χ3n) is 2.17. The van der Waals surface area contributed by atoms with Crippen LogP contribution in [0.15, 0.2) is 29.2 Å². The first-order chi connectivity index (χ1) is 7.72. The van der Waals surface area contributed by atoms with Crippen LogP contribution in [-0.4, -0.2) is 15.0 Å². The minimum Gasteiger partial charge on any atom is -0.304 e. The summed E-state index contributed by atoms with van der Waals surface area (Å²) in [6.45, 7) is 1.98. The van der Waals surface area contributed by atoms with Crippen molar-refractivity contribution >= 4 is 22.6 Å². The van der Waals surface area contributed by atoms with Crippen LogP contribution in [0.25, 0.3) is 11.5 Å². The Kier molecular flexibility index (Phi) is 3.33. The second-order valence-electron chi connectivity index (χ2n) is 3.24. The van der Waals surface area contributed by atoms with Gasteiger partial charge in [0.15, 0.2) is 5.82 Å². The van der Waals surface area contributed by atoms with Crippen molar-refractivity contribution in [3.8, 4) is 11.5 Å². The summed E-state index contributed by atoms with van der Waals surface area (Å²) in [6.07, 6.45) is 2.42. The molecule has 0 radical (unpaired) electrons. The fourth-order valence-electron chi connectivity index (χ4n) is 1.36. The molecule has 5 heteroatoms. The SMILES string of the molecule is CCc1nc(-c2ccccn2)[nH]c(=O)c1I. The number of aromatic nitrogens is 3. The zero-order valence-electron chi connectivity index (χ0n) is 8.70. The van der Waals surface area contributed by atoms with E-state index in [1.54, 1.807) is 6.20 Å². The molecule has 4 nitrogen and oxygen atoms in total. The molecule has 0 amide bonds. The number of hydrogen-bond acceptors (Lipinski definition) is 3. The number of nitrogens with one attached hydrogen (secondary N) is 1. The summed E-state index contributed by atoms with van der Waals surface area (Å²) in [5.74, 6) is 0.530. The highest BCUT2D eigenvalue weighted by Gasteiger charge is 2.08. The topological polar surface area (TPSA) is 58.6 Å². The number of halogens is 1. The van der Waals surface area contributed by atoms with E-state index in [1.165, 1.54) is 0 Å². The number of H-pyrrole nitrogens is 1. The molecule has 2 rings (SSSR count). The monoisotopic (exact) mass is 327 g/mol. The van der Waals surface area contributed by atoms with Crippen molar-refractivity contribution in [2.75, 3.05) is 0 Å². The number of aromatic amines is 1. The minimum absolute atomic E-state index is 0.104. The predicted molar refractivity (Wildman–Crippen MR) is 70.2 cm³/mol.